The molecule has 4 rings (SSSR count). The highest BCUT2D eigenvalue weighted by Gasteiger charge is 2.47. The summed E-state index contributed by atoms with van der Waals surface area (Å²) in [6.07, 6.45) is 2.08. The van der Waals surface area contributed by atoms with Crippen molar-refractivity contribution in [1.29, 1.82) is 0 Å². The van der Waals surface area contributed by atoms with Crippen molar-refractivity contribution in [3.63, 3.8) is 0 Å². The van der Waals surface area contributed by atoms with Crippen LogP contribution in [0.15, 0.2) is 24.3 Å². The summed E-state index contributed by atoms with van der Waals surface area (Å²) < 4.78 is 0. The van der Waals surface area contributed by atoms with Gasteiger partial charge < -0.3 is 10.2 Å². The standard InChI is InChI=1S/C18H24ClN3O/c19-17-4-2-1-3-14(17)15-11-16(15)18(23)22-8-5-13(12-22)21-9-6-20-7-10-21/h1-4,13,15-16,20H,5-12H2. The van der Waals surface area contributed by atoms with Gasteiger partial charge >= 0.3 is 0 Å². The number of nitrogens with one attached hydrogen (secondary N) is 1. The van der Waals surface area contributed by atoms with Gasteiger partial charge in [-0.25, -0.2) is 0 Å². The van der Waals surface area contributed by atoms with Crippen LogP contribution in [0, 0.1) is 5.92 Å². The molecule has 3 atom stereocenters. The van der Waals surface area contributed by atoms with E-state index in [1.165, 1.54) is 0 Å². The molecule has 1 saturated carbocycles. The third kappa shape index (κ3) is 3.12. The highest BCUT2D eigenvalue weighted by molar-refractivity contribution is 6.31. The van der Waals surface area contributed by atoms with Gasteiger partial charge in [0, 0.05) is 56.3 Å². The predicted octanol–water partition coefficient (Wildman–Crippen LogP) is 1.95. The summed E-state index contributed by atoms with van der Waals surface area (Å²) in [4.78, 5) is 17.4. The number of halogens is 1. The topological polar surface area (TPSA) is 35.6 Å². The Labute approximate surface area is 142 Å². The number of rotatable bonds is 3. The molecule has 124 valence electrons. The largest absolute Gasteiger partial charge is 0.341 e. The van der Waals surface area contributed by atoms with Crippen LogP contribution in [0.3, 0.4) is 0 Å². The van der Waals surface area contributed by atoms with Crippen LogP contribution in [0.4, 0.5) is 0 Å². The zero-order chi connectivity index (χ0) is 15.8. The number of nitrogens with zero attached hydrogens (tertiary/aromatic N) is 2. The number of carbonyl (C=O) groups is 1. The second-order valence-corrected chi connectivity index (χ2v) is 7.39. The highest BCUT2D eigenvalue weighted by Crippen LogP contribution is 2.50. The smallest absolute Gasteiger partial charge is 0.226 e. The summed E-state index contributed by atoms with van der Waals surface area (Å²) in [6, 6.07) is 8.50. The van der Waals surface area contributed by atoms with Crippen LogP contribution >= 0.6 is 11.6 Å². The van der Waals surface area contributed by atoms with E-state index >= 15 is 0 Å². The first kappa shape index (κ1) is 15.4. The molecule has 3 unspecified atom stereocenters. The molecular formula is C18H24ClN3O. The van der Waals surface area contributed by atoms with E-state index in [2.05, 4.69) is 21.2 Å². The molecular weight excluding hydrogens is 310 g/mol. The molecule has 1 aromatic carbocycles. The van der Waals surface area contributed by atoms with Gasteiger partial charge in [-0.05, 0) is 30.4 Å². The Morgan fingerprint density at radius 2 is 1.96 bits per heavy atom. The highest BCUT2D eigenvalue weighted by atomic mass is 35.5. The fourth-order valence-electron chi connectivity index (χ4n) is 4.11. The summed E-state index contributed by atoms with van der Waals surface area (Å²) in [6.45, 7) is 6.18. The van der Waals surface area contributed by atoms with Crippen molar-refractivity contribution in [2.24, 2.45) is 5.92 Å². The Morgan fingerprint density at radius 3 is 2.74 bits per heavy atom. The van der Waals surface area contributed by atoms with E-state index in [0.717, 1.165) is 62.7 Å². The summed E-state index contributed by atoms with van der Waals surface area (Å²) in [5.41, 5.74) is 1.14. The molecule has 0 aromatic heterocycles. The van der Waals surface area contributed by atoms with Crippen LogP contribution in [-0.4, -0.2) is 61.0 Å². The van der Waals surface area contributed by atoms with Gasteiger partial charge in [-0.3, -0.25) is 9.69 Å². The van der Waals surface area contributed by atoms with Crippen molar-refractivity contribution < 1.29 is 4.79 Å². The fraction of sp³-hybridized carbons (Fsp3) is 0.611. The zero-order valence-electron chi connectivity index (χ0n) is 13.4. The third-order valence-corrected chi connectivity index (χ3v) is 5.90. The minimum atomic E-state index is 0.150. The minimum Gasteiger partial charge on any atom is -0.341 e. The molecule has 0 radical (unpaired) electrons. The molecule has 1 N–H and O–H groups in total. The van der Waals surface area contributed by atoms with E-state index in [-0.39, 0.29) is 5.92 Å². The van der Waals surface area contributed by atoms with Crippen LogP contribution < -0.4 is 5.32 Å². The molecule has 2 saturated heterocycles. The molecule has 0 bridgehead atoms. The molecule has 1 amide bonds. The van der Waals surface area contributed by atoms with Crippen LogP contribution in [0.25, 0.3) is 0 Å². The van der Waals surface area contributed by atoms with Crippen molar-refractivity contribution in [3.8, 4) is 0 Å². The lowest BCUT2D eigenvalue weighted by Gasteiger charge is -2.32. The molecule has 1 aromatic rings. The molecule has 3 fully saturated rings. The number of benzene rings is 1. The Morgan fingerprint density at radius 1 is 1.17 bits per heavy atom. The fourth-order valence-corrected chi connectivity index (χ4v) is 4.39. The maximum absolute atomic E-state index is 12.8. The van der Waals surface area contributed by atoms with Crippen LogP contribution in [0.2, 0.25) is 5.02 Å². The number of piperazine rings is 1. The first-order chi connectivity index (χ1) is 11.2. The Bertz CT molecular complexity index is 587. The summed E-state index contributed by atoms with van der Waals surface area (Å²) in [7, 11) is 0. The van der Waals surface area contributed by atoms with Crippen molar-refractivity contribution in [1.82, 2.24) is 15.1 Å². The van der Waals surface area contributed by atoms with Crippen LogP contribution in [0.1, 0.15) is 24.3 Å². The molecule has 5 heteroatoms. The molecule has 2 aliphatic heterocycles. The van der Waals surface area contributed by atoms with E-state index in [1.54, 1.807) is 0 Å². The van der Waals surface area contributed by atoms with E-state index in [0.29, 0.717) is 17.9 Å². The molecule has 23 heavy (non-hydrogen) atoms. The van der Waals surface area contributed by atoms with Gasteiger partial charge in [-0.1, -0.05) is 29.8 Å². The van der Waals surface area contributed by atoms with E-state index in [4.69, 9.17) is 11.6 Å². The van der Waals surface area contributed by atoms with Crippen molar-refractivity contribution in [3.05, 3.63) is 34.9 Å². The minimum absolute atomic E-state index is 0.150. The maximum atomic E-state index is 12.8. The normalized spacial score (nSPS) is 31.3. The monoisotopic (exact) mass is 333 g/mol. The average molecular weight is 334 g/mol. The van der Waals surface area contributed by atoms with Gasteiger partial charge in [0.05, 0.1) is 0 Å². The number of hydrogen-bond acceptors (Lipinski definition) is 3. The second kappa shape index (κ2) is 6.42. The zero-order valence-corrected chi connectivity index (χ0v) is 14.1. The first-order valence-corrected chi connectivity index (χ1v) is 9.10. The Hall–Kier alpha value is -1.10. The quantitative estimate of drug-likeness (QED) is 0.918. The summed E-state index contributed by atoms with van der Waals surface area (Å²) >= 11 is 6.28. The number of amides is 1. The molecule has 3 aliphatic rings. The van der Waals surface area contributed by atoms with Crippen molar-refractivity contribution in [2.45, 2.75) is 24.8 Å². The Balaban J connectivity index is 1.35. The molecule has 2 heterocycles. The number of hydrogen-bond donors (Lipinski definition) is 1. The first-order valence-electron chi connectivity index (χ1n) is 8.72. The molecule has 0 spiro atoms. The maximum Gasteiger partial charge on any atom is 0.226 e. The lowest BCUT2D eigenvalue weighted by Crippen LogP contribution is -2.49. The lowest BCUT2D eigenvalue weighted by atomic mass is 10.1. The average Bonchev–Trinajstić information content (AvgIpc) is 3.22. The van der Waals surface area contributed by atoms with Crippen molar-refractivity contribution >= 4 is 17.5 Å². The van der Waals surface area contributed by atoms with E-state index < -0.39 is 0 Å². The van der Waals surface area contributed by atoms with Crippen LogP contribution in [0.5, 0.6) is 0 Å². The lowest BCUT2D eigenvalue weighted by molar-refractivity contribution is -0.131. The molecule has 1 aliphatic carbocycles. The van der Waals surface area contributed by atoms with Gasteiger partial charge in [0.1, 0.15) is 0 Å². The second-order valence-electron chi connectivity index (χ2n) is 6.98. The van der Waals surface area contributed by atoms with Crippen LogP contribution in [-0.2, 0) is 4.79 Å². The SMILES string of the molecule is O=C(C1CC1c1ccccc1Cl)N1CCC(N2CCNCC2)C1. The van der Waals surface area contributed by atoms with E-state index in [1.807, 2.05) is 18.2 Å². The van der Waals surface area contributed by atoms with Crippen molar-refractivity contribution in [2.75, 3.05) is 39.3 Å². The number of carbonyl (C=O) groups excluding carboxylic acids is 1. The third-order valence-electron chi connectivity index (χ3n) is 5.56. The number of likely N-dealkylation sites (tertiary alicyclic amines) is 1. The van der Waals surface area contributed by atoms with Gasteiger partial charge in [-0.15, -0.1) is 0 Å². The summed E-state index contributed by atoms with van der Waals surface area (Å²) in [5.74, 6) is 0.818. The Kier molecular flexibility index (Phi) is 4.31. The van der Waals surface area contributed by atoms with Gasteiger partial charge in [0.15, 0.2) is 0 Å². The predicted molar refractivity (Wildman–Crippen MR) is 91.7 cm³/mol. The molecule has 4 nitrogen and oxygen atoms in total. The van der Waals surface area contributed by atoms with Gasteiger partial charge in [-0.2, -0.15) is 0 Å². The van der Waals surface area contributed by atoms with Gasteiger partial charge in [0.25, 0.3) is 0 Å². The summed E-state index contributed by atoms with van der Waals surface area (Å²) in [5, 5.41) is 4.19. The van der Waals surface area contributed by atoms with Gasteiger partial charge in [0.2, 0.25) is 5.91 Å². The van der Waals surface area contributed by atoms with E-state index in [9.17, 15) is 4.79 Å².